The summed E-state index contributed by atoms with van der Waals surface area (Å²) in [5.74, 6) is 0. The summed E-state index contributed by atoms with van der Waals surface area (Å²) < 4.78 is 0. The lowest BCUT2D eigenvalue weighted by molar-refractivity contribution is 1.03. The van der Waals surface area contributed by atoms with Crippen molar-refractivity contribution in [2.75, 3.05) is 0 Å². The second-order valence-corrected chi connectivity index (χ2v) is 5.40. The van der Waals surface area contributed by atoms with Gasteiger partial charge in [-0.15, -0.1) is 0 Å². The van der Waals surface area contributed by atoms with E-state index in [1.165, 1.54) is 0 Å². The maximum absolute atomic E-state index is 5.28. The summed E-state index contributed by atoms with van der Waals surface area (Å²) in [5.41, 5.74) is 9.24. The van der Waals surface area contributed by atoms with Crippen molar-refractivity contribution >= 4 is 45.8 Å². The molecular formula is C14H18N4S2. The molecule has 0 saturated carbocycles. The summed E-state index contributed by atoms with van der Waals surface area (Å²) in [6.07, 6.45) is 0. The van der Waals surface area contributed by atoms with Crippen LogP contribution in [-0.2, 0) is 0 Å². The van der Waals surface area contributed by atoms with Gasteiger partial charge in [-0.25, -0.2) is 0 Å². The first-order chi connectivity index (χ1) is 9.40. The summed E-state index contributed by atoms with van der Waals surface area (Å²) in [6.45, 7) is 7.60. The van der Waals surface area contributed by atoms with E-state index in [-0.39, 0.29) is 0 Å². The summed E-state index contributed by atoms with van der Waals surface area (Å²) >= 11 is 10.6. The number of thiocarbonyl (C=S) groups is 2. The molecule has 0 unspecified atom stereocenters. The fourth-order valence-corrected chi connectivity index (χ4v) is 1.60. The molecule has 20 heavy (non-hydrogen) atoms. The molecule has 0 fully saturated rings. The largest absolute Gasteiger partial charge is 0.267 e. The summed E-state index contributed by atoms with van der Waals surface area (Å²) in [4.78, 5) is 1.12. The van der Waals surface area contributed by atoms with Crippen LogP contribution in [0.4, 0.5) is 0 Å². The van der Waals surface area contributed by atoms with E-state index in [1.54, 1.807) is 0 Å². The SMILES string of the molecule is CC(C)=NNC(=S)c1cccc(C(=S)NN=C(C)C)c1. The molecule has 6 heteroatoms. The third-order valence-electron chi connectivity index (χ3n) is 2.15. The molecule has 1 aromatic rings. The Kier molecular flexibility index (Phi) is 6.41. The molecule has 0 aliphatic heterocycles. The summed E-state index contributed by atoms with van der Waals surface area (Å²) in [5, 5.41) is 8.18. The molecule has 0 aliphatic carbocycles. The van der Waals surface area contributed by atoms with Crippen molar-refractivity contribution in [3.05, 3.63) is 35.4 Å². The number of hydrazone groups is 2. The van der Waals surface area contributed by atoms with Crippen molar-refractivity contribution in [3.63, 3.8) is 0 Å². The smallest absolute Gasteiger partial charge is 0.126 e. The molecule has 106 valence electrons. The van der Waals surface area contributed by atoms with E-state index >= 15 is 0 Å². The Morgan fingerprint density at radius 3 is 1.60 bits per heavy atom. The second kappa shape index (κ2) is 7.81. The van der Waals surface area contributed by atoms with E-state index in [2.05, 4.69) is 21.1 Å². The third kappa shape index (κ3) is 5.54. The number of nitrogens with zero attached hydrogens (tertiary/aromatic N) is 2. The lowest BCUT2D eigenvalue weighted by atomic mass is 10.1. The highest BCUT2D eigenvalue weighted by atomic mass is 32.1. The highest BCUT2D eigenvalue weighted by Gasteiger charge is 2.04. The number of benzene rings is 1. The minimum absolute atomic E-state index is 0.561. The zero-order chi connectivity index (χ0) is 15.1. The van der Waals surface area contributed by atoms with Crippen LogP contribution >= 0.6 is 24.4 Å². The normalized spacial score (nSPS) is 9.40. The predicted octanol–water partition coefficient (Wildman–Crippen LogP) is 3.01. The van der Waals surface area contributed by atoms with Crippen LogP contribution in [0.5, 0.6) is 0 Å². The molecule has 0 bridgehead atoms. The average Bonchev–Trinajstić information content (AvgIpc) is 2.42. The van der Waals surface area contributed by atoms with E-state index in [1.807, 2.05) is 52.0 Å². The molecule has 0 atom stereocenters. The average molecular weight is 306 g/mol. The van der Waals surface area contributed by atoms with Crippen LogP contribution in [0.1, 0.15) is 38.8 Å². The molecule has 0 aromatic heterocycles. The van der Waals surface area contributed by atoms with Gasteiger partial charge in [0, 0.05) is 22.6 Å². The fraction of sp³-hybridized carbons (Fsp3) is 0.286. The van der Waals surface area contributed by atoms with Crippen LogP contribution in [0.2, 0.25) is 0 Å². The Hall–Kier alpha value is -1.66. The number of rotatable bonds is 4. The van der Waals surface area contributed by atoms with Gasteiger partial charge >= 0.3 is 0 Å². The molecule has 0 aliphatic rings. The molecule has 4 nitrogen and oxygen atoms in total. The van der Waals surface area contributed by atoms with Gasteiger partial charge in [0.1, 0.15) is 9.98 Å². The Morgan fingerprint density at radius 2 is 1.25 bits per heavy atom. The predicted molar refractivity (Wildman–Crippen MR) is 93.7 cm³/mol. The number of nitrogens with one attached hydrogen (secondary N) is 2. The van der Waals surface area contributed by atoms with Gasteiger partial charge in [0.25, 0.3) is 0 Å². The molecule has 2 N–H and O–H groups in total. The second-order valence-electron chi connectivity index (χ2n) is 4.58. The lowest BCUT2D eigenvalue weighted by Crippen LogP contribution is -2.20. The monoisotopic (exact) mass is 306 g/mol. The van der Waals surface area contributed by atoms with E-state index in [0.717, 1.165) is 22.6 Å². The van der Waals surface area contributed by atoms with Crippen molar-refractivity contribution < 1.29 is 0 Å². The maximum atomic E-state index is 5.28. The van der Waals surface area contributed by atoms with Gasteiger partial charge in [0.15, 0.2) is 0 Å². The molecule has 1 aromatic carbocycles. The van der Waals surface area contributed by atoms with E-state index in [0.29, 0.717) is 9.98 Å². The molecule has 1 rings (SSSR count). The van der Waals surface area contributed by atoms with E-state index < -0.39 is 0 Å². The van der Waals surface area contributed by atoms with Crippen molar-refractivity contribution in [3.8, 4) is 0 Å². The molecule has 0 saturated heterocycles. The molecule has 0 heterocycles. The molecule has 0 radical (unpaired) electrons. The van der Waals surface area contributed by atoms with Crippen molar-refractivity contribution in [1.82, 2.24) is 10.9 Å². The van der Waals surface area contributed by atoms with Gasteiger partial charge in [-0.1, -0.05) is 42.6 Å². The maximum Gasteiger partial charge on any atom is 0.126 e. The molecule has 0 amide bonds. The van der Waals surface area contributed by atoms with Gasteiger partial charge in [-0.2, -0.15) is 10.2 Å². The minimum Gasteiger partial charge on any atom is -0.267 e. The van der Waals surface area contributed by atoms with Gasteiger partial charge in [0.2, 0.25) is 0 Å². The fourth-order valence-electron chi connectivity index (χ4n) is 1.26. The van der Waals surface area contributed by atoms with Crippen molar-refractivity contribution in [1.29, 1.82) is 0 Å². The highest BCUT2D eigenvalue weighted by Crippen LogP contribution is 2.07. The Balaban J connectivity index is 2.85. The van der Waals surface area contributed by atoms with E-state index in [9.17, 15) is 0 Å². The van der Waals surface area contributed by atoms with Crippen LogP contribution < -0.4 is 10.9 Å². The zero-order valence-corrected chi connectivity index (χ0v) is 13.7. The Morgan fingerprint density at radius 1 is 0.850 bits per heavy atom. The zero-order valence-electron chi connectivity index (χ0n) is 12.0. The summed E-state index contributed by atoms with van der Waals surface area (Å²) in [7, 11) is 0. The number of hydrogen-bond donors (Lipinski definition) is 2. The quantitative estimate of drug-likeness (QED) is 0.510. The third-order valence-corrected chi connectivity index (χ3v) is 2.80. The first kappa shape index (κ1) is 16.4. The Labute approximate surface area is 130 Å². The highest BCUT2D eigenvalue weighted by molar-refractivity contribution is 7.81. The van der Waals surface area contributed by atoms with Gasteiger partial charge < -0.3 is 0 Å². The van der Waals surface area contributed by atoms with Crippen LogP contribution in [0, 0.1) is 0 Å². The standard InChI is InChI=1S/C14H18N4S2/c1-9(2)15-17-13(19)11-6-5-7-12(8-11)14(20)18-16-10(3)4/h5-8H,1-4H3,(H,17,19)(H,18,20). The van der Waals surface area contributed by atoms with Gasteiger partial charge in [-0.3, -0.25) is 10.9 Å². The number of hydrogen-bond acceptors (Lipinski definition) is 4. The van der Waals surface area contributed by atoms with E-state index in [4.69, 9.17) is 24.4 Å². The first-order valence-corrected chi connectivity index (χ1v) is 6.94. The van der Waals surface area contributed by atoms with Crippen LogP contribution in [0.15, 0.2) is 34.5 Å². The molecule has 0 spiro atoms. The van der Waals surface area contributed by atoms with Crippen LogP contribution in [0.3, 0.4) is 0 Å². The van der Waals surface area contributed by atoms with Crippen LogP contribution in [0.25, 0.3) is 0 Å². The first-order valence-electron chi connectivity index (χ1n) is 6.12. The lowest BCUT2D eigenvalue weighted by Gasteiger charge is -2.07. The van der Waals surface area contributed by atoms with Crippen molar-refractivity contribution in [2.24, 2.45) is 10.2 Å². The van der Waals surface area contributed by atoms with Crippen molar-refractivity contribution in [2.45, 2.75) is 27.7 Å². The molecular weight excluding hydrogens is 288 g/mol. The van der Waals surface area contributed by atoms with Gasteiger partial charge in [-0.05, 0) is 33.8 Å². The topological polar surface area (TPSA) is 48.8 Å². The summed E-state index contributed by atoms with van der Waals surface area (Å²) in [6, 6.07) is 7.63. The van der Waals surface area contributed by atoms with Gasteiger partial charge in [0.05, 0.1) is 0 Å². The van der Waals surface area contributed by atoms with Crippen LogP contribution in [-0.4, -0.2) is 21.4 Å². The minimum atomic E-state index is 0.561. The Bertz CT molecular complexity index is 521.